The van der Waals surface area contributed by atoms with Gasteiger partial charge in [0.15, 0.2) is 0 Å². The molecule has 27 heavy (non-hydrogen) atoms. The third-order valence-electron chi connectivity index (χ3n) is 4.48. The number of aliphatic hydroxyl groups is 1. The molecular weight excluding hydrogens is 386 g/mol. The summed E-state index contributed by atoms with van der Waals surface area (Å²) in [5.74, 6) is -0.362. The molecule has 0 aliphatic carbocycles. The largest absolute Gasteiger partial charge is 0.395 e. The van der Waals surface area contributed by atoms with Crippen molar-refractivity contribution in [2.45, 2.75) is 30.3 Å². The first kappa shape index (κ1) is 19.7. The monoisotopic (exact) mass is 407 g/mol. The van der Waals surface area contributed by atoms with Crippen LogP contribution in [0.1, 0.15) is 11.4 Å². The van der Waals surface area contributed by atoms with E-state index in [1.807, 2.05) is 12.3 Å². The van der Waals surface area contributed by atoms with Crippen LogP contribution in [0.4, 0.5) is 0 Å². The predicted octanol–water partition coefficient (Wildman–Crippen LogP) is 1.54. The van der Waals surface area contributed by atoms with E-state index in [4.69, 9.17) is 0 Å². The Bertz CT molecular complexity index is 938. The van der Waals surface area contributed by atoms with Crippen LogP contribution in [0.3, 0.4) is 0 Å². The van der Waals surface area contributed by atoms with E-state index >= 15 is 0 Å². The van der Waals surface area contributed by atoms with E-state index in [0.717, 1.165) is 22.3 Å². The number of sulfonamides is 1. The molecule has 3 rings (SSSR count). The van der Waals surface area contributed by atoms with Crippen molar-refractivity contribution in [3.8, 4) is 11.3 Å². The number of hydrogen-bond acceptors (Lipinski definition) is 6. The zero-order valence-corrected chi connectivity index (χ0v) is 16.5. The Morgan fingerprint density at radius 3 is 2.70 bits per heavy atom. The molecule has 2 atom stereocenters. The lowest BCUT2D eigenvalue weighted by Crippen LogP contribution is -2.39. The van der Waals surface area contributed by atoms with Crippen LogP contribution in [0, 0.1) is 6.92 Å². The highest BCUT2D eigenvalue weighted by molar-refractivity contribution is 7.89. The molecule has 0 radical (unpaired) electrons. The summed E-state index contributed by atoms with van der Waals surface area (Å²) in [6.45, 7) is 5.11. The third-order valence-corrected chi connectivity index (χ3v) is 7.19. The van der Waals surface area contributed by atoms with Crippen molar-refractivity contribution in [1.29, 1.82) is 0 Å². The Morgan fingerprint density at radius 2 is 2.15 bits per heavy atom. The van der Waals surface area contributed by atoms with Crippen LogP contribution in [0.15, 0.2) is 47.2 Å². The standard InChI is InChI=1S/C18H21N3O4S2/c1-3-18(23)20-14-8-15(10-22)21(9-14)27(24,25)16-6-4-13(5-7-16)17-11-26-12(2)19-17/h3-7,11,14-15,22H,1,8-10H2,2H3,(H,20,23). The first-order chi connectivity index (χ1) is 12.8. The Hall–Kier alpha value is -2.07. The first-order valence-electron chi connectivity index (χ1n) is 8.43. The number of nitrogens with zero attached hydrogens (tertiary/aromatic N) is 2. The van der Waals surface area contributed by atoms with Gasteiger partial charge in [0.2, 0.25) is 15.9 Å². The Morgan fingerprint density at radius 1 is 1.44 bits per heavy atom. The van der Waals surface area contributed by atoms with Crippen molar-refractivity contribution in [1.82, 2.24) is 14.6 Å². The van der Waals surface area contributed by atoms with Crippen molar-refractivity contribution < 1.29 is 18.3 Å². The van der Waals surface area contributed by atoms with E-state index in [1.165, 1.54) is 15.6 Å². The van der Waals surface area contributed by atoms with Gasteiger partial charge in [-0.05, 0) is 31.6 Å². The maximum Gasteiger partial charge on any atom is 0.243 e. The van der Waals surface area contributed by atoms with Crippen molar-refractivity contribution in [3.05, 3.63) is 47.3 Å². The number of aryl methyl sites for hydroxylation is 1. The van der Waals surface area contributed by atoms with Gasteiger partial charge in [0.1, 0.15) is 0 Å². The molecule has 144 valence electrons. The molecule has 1 saturated heterocycles. The molecule has 1 fully saturated rings. The van der Waals surface area contributed by atoms with E-state index in [0.29, 0.717) is 6.42 Å². The van der Waals surface area contributed by atoms with Crippen molar-refractivity contribution in [3.63, 3.8) is 0 Å². The van der Waals surface area contributed by atoms with Gasteiger partial charge >= 0.3 is 0 Å². The van der Waals surface area contributed by atoms with E-state index in [2.05, 4.69) is 16.9 Å². The zero-order chi connectivity index (χ0) is 19.6. The van der Waals surface area contributed by atoms with Gasteiger partial charge in [0.25, 0.3) is 0 Å². The molecule has 7 nitrogen and oxygen atoms in total. The molecular formula is C18H21N3O4S2. The van der Waals surface area contributed by atoms with Crippen LogP contribution < -0.4 is 5.32 Å². The smallest absolute Gasteiger partial charge is 0.243 e. The van der Waals surface area contributed by atoms with E-state index in [9.17, 15) is 18.3 Å². The molecule has 0 bridgehead atoms. The lowest BCUT2D eigenvalue weighted by atomic mass is 10.2. The first-order valence-corrected chi connectivity index (χ1v) is 10.8. The summed E-state index contributed by atoms with van der Waals surface area (Å²) in [6.07, 6.45) is 1.50. The van der Waals surface area contributed by atoms with Crippen LogP contribution in [0.2, 0.25) is 0 Å². The fraction of sp³-hybridized carbons (Fsp3) is 0.333. The van der Waals surface area contributed by atoms with Crippen molar-refractivity contribution in [2.24, 2.45) is 0 Å². The summed E-state index contributed by atoms with van der Waals surface area (Å²) in [7, 11) is -3.79. The van der Waals surface area contributed by atoms with E-state index < -0.39 is 16.1 Å². The molecule has 1 amide bonds. The lowest BCUT2D eigenvalue weighted by Gasteiger charge is -2.22. The van der Waals surface area contributed by atoms with Crippen LogP contribution in [-0.2, 0) is 14.8 Å². The second kappa shape index (κ2) is 7.89. The highest BCUT2D eigenvalue weighted by Gasteiger charge is 2.40. The Balaban J connectivity index is 1.82. The maximum atomic E-state index is 13.0. The highest BCUT2D eigenvalue weighted by Crippen LogP contribution is 2.28. The lowest BCUT2D eigenvalue weighted by molar-refractivity contribution is -0.117. The van der Waals surface area contributed by atoms with Gasteiger partial charge in [0, 0.05) is 23.5 Å². The minimum atomic E-state index is -3.79. The molecule has 0 spiro atoms. The number of amides is 1. The molecule has 0 saturated carbocycles. The molecule has 2 unspecified atom stereocenters. The van der Waals surface area contributed by atoms with Gasteiger partial charge in [-0.15, -0.1) is 11.3 Å². The normalized spacial score (nSPS) is 20.5. The molecule has 2 aromatic rings. The summed E-state index contributed by atoms with van der Waals surface area (Å²) in [5.41, 5.74) is 1.65. The topological polar surface area (TPSA) is 99.6 Å². The third kappa shape index (κ3) is 4.11. The molecule has 9 heteroatoms. The fourth-order valence-corrected chi connectivity index (χ4v) is 5.43. The van der Waals surface area contributed by atoms with Gasteiger partial charge in [-0.2, -0.15) is 4.31 Å². The molecule has 1 aliphatic rings. The second-order valence-electron chi connectivity index (χ2n) is 6.33. The maximum absolute atomic E-state index is 13.0. The SMILES string of the molecule is C=CC(=O)NC1CC(CO)N(S(=O)(=O)c2ccc(-c3csc(C)n3)cc2)C1. The van der Waals surface area contributed by atoms with Crippen LogP contribution >= 0.6 is 11.3 Å². The summed E-state index contributed by atoms with van der Waals surface area (Å²) >= 11 is 1.53. The number of aromatic nitrogens is 1. The summed E-state index contributed by atoms with van der Waals surface area (Å²) in [6, 6.07) is 5.60. The van der Waals surface area contributed by atoms with Gasteiger partial charge in [0.05, 0.1) is 28.2 Å². The number of aliphatic hydroxyl groups excluding tert-OH is 1. The number of carbonyl (C=O) groups is 1. The second-order valence-corrected chi connectivity index (χ2v) is 9.29. The number of rotatable bonds is 6. The number of benzene rings is 1. The number of thiazole rings is 1. The molecule has 1 aromatic carbocycles. The minimum absolute atomic E-state index is 0.111. The zero-order valence-electron chi connectivity index (χ0n) is 14.8. The van der Waals surface area contributed by atoms with Crippen LogP contribution in [0.25, 0.3) is 11.3 Å². The molecule has 2 heterocycles. The van der Waals surface area contributed by atoms with Gasteiger partial charge in [-0.25, -0.2) is 13.4 Å². The van der Waals surface area contributed by atoms with E-state index in [-0.39, 0.29) is 30.0 Å². The van der Waals surface area contributed by atoms with Crippen LogP contribution in [-0.4, -0.2) is 54.0 Å². The van der Waals surface area contributed by atoms with Gasteiger partial charge in [-0.1, -0.05) is 18.7 Å². The van der Waals surface area contributed by atoms with Crippen molar-refractivity contribution >= 4 is 27.3 Å². The quantitative estimate of drug-likeness (QED) is 0.708. The van der Waals surface area contributed by atoms with Gasteiger partial charge in [-0.3, -0.25) is 4.79 Å². The Labute approximate surface area is 162 Å². The fourth-order valence-electron chi connectivity index (χ4n) is 3.14. The number of hydrogen-bond donors (Lipinski definition) is 2. The number of nitrogens with one attached hydrogen (secondary N) is 1. The van der Waals surface area contributed by atoms with E-state index in [1.54, 1.807) is 24.3 Å². The minimum Gasteiger partial charge on any atom is -0.395 e. The average Bonchev–Trinajstić information content (AvgIpc) is 3.28. The Kier molecular flexibility index (Phi) is 5.75. The summed E-state index contributed by atoms with van der Waals surface area (Å²) in [5, 5.41) is 15.2. The highest BCUT2D eigenvalue weighted by atomic mass is 32.2. The summed E-state index contributed by atoms with van der Waals surface area (Å²) in [4.78, 5) is 16.0. The van der Waals surface area contributed by atoms with Gasteiger partial charge < -0.3 is 10.4 Å². The number of carbonyl (C=O) groups excluding carboxylic acids is 1. The summed E-state index contributed by atoms with van der Waals surface area (Å²) < 4.78 is 27.3. The predicted molar refractivity (Wildman–Crippen MR) is 104 cm³/mol. The average molecular weight is 408 g/mol. The van der Waals surface area contributed by atoms with Crippen LogP contribution in [0.5, 0.6) is 0 Å². The molecule has 1 aromatic heterocycles. The molecule has 2 N–H and O–H groups in total. The van der Waals surface area contributed by atoms with Crippen molar-refractivity contribution in [2.75, 3.05) is 13.2 Å². The molecule has 1 aliphatic heterocycles.